The molecule has 0 N–H and O–H groups in total. The van der Waals surface area contributed by atoms with E-state index >= 15 is 0 Å². The van der Waals surface area contributed by atoms with E-state index in [2.05, 4.69) is 10.3 Å². The average molecular weight is 289 g/mol. The molecular weight excluding hydrogens is 265 g/mol. The minimum Gasteiger partial charge on any atom is -0.399 e. The van der Waals surface area contributed by atoms with Gasteiger partial charge in [0.15, 0.2) is 0 Å². The predicted octanol–water partition coefficient (Wildman–Crippen LogP) is 2.29. The Balaban J connectivity index is 0.000000774. The number of hydrogen-bond donors (Lipinski definition) is 0. The van der Waals surface area contributed by atoms with Gasteiger partial charge in [-0.2, -0.15) is 0 Å². The van der Waals surface area contributed by atoms with Crippen molar-refractivity contribution in [1.29, 1.82) is 0 Å². The van der Waals surface area contributed by atoms with Crippen LogP contribution in [0.25, 0.3) is 11.0 Å². The molecule has 3 rings (SSSR count). The molecule has 5 nitrogen and oxygen atoms in total. The Labute approximate surface area is 126 Å². The summed E-state index contributed by atoms with van der Waals surface area (Å²) in [4.78, 5) is 0. The number of aryl methyl sites for hydroxylation is 1. The maximum atomic E-state index is 6.03. The largest absolute Gasteiger partial charge is 0.494 e. The van der Waals surface area contributed by atoms with Crippen molar-refractivity contribution < 1.29 is 9.31 Å². The summed E-state index contributed by atoms with van der Waals surface area (Å²) < 4.78 is 13.8. The molecule has 0 unspecified atom stereocenters. The van der Waals surface area contributed by atoms with Gasteiger partial charge in [0.2, 0.25) is 0 Å². The van der Waals surface area contributed by atoms with Gasteiger partial charge in [0.05, 0.1) is 16.7 Å². The lowest BCUT2D eigenvalue weighted by molar-refractivity contribution is 0.00578. The molecule has 1 aromatic carbocycles. The molecule has 1 aliphatic rings. The number of nitrogens with zero attached hydrogens (tertiary/aromatic N) is 3. The molecule has 1 aliphatic heterocycles. The van der Waals surface area contributed by atoms with Crippen molar-refractivity contribution in [2.75, 3.05) is 0 Å². The molecule has 0 bridgehead atoms. The SMILES string of the molecule is CC.Cn1nnc2cc(B3OC(C)(C)C(C)(C)O3)ccc21. The van der Waals surface area contributed by atoms with Crippen LogP contribution in [0.1, 0.15) is 41.5 Å². The fraction of sp³-hybridized carbons (Fsp3) is 0.600. The highest BCUT2D eigenvalue weighted by Crippen LogP contribution is 2.36. The van der Waals surface area contributed by atoms with Gasteiger partial charge in [-0.05, 0) is 45.3 Å². The second-order valence-corrected chi connectivity index (χ2v) is 6.05. The van der Waals surface area contributed by atoms with Crippen molar-refractivity contribution in [2.45, 2.75) is 52.7 Å². The lowest BCUT2D eigenvalue weighted by atomic mass is 9.79. The quantitative estimate of drug-likeness (QED) is 0.756. The monoisotopic (exact) mass is 289 g/mol. The lowest BCUT2D eigenvalue weighted by Gasteiger charge is -2.32. The molecule has 2 aromatic rings. The standard InChI is InChI=1S/C13H18BN3O2.C2H6/c1-12(2)13(3,4)19-14(18-12)9-6-7-11-10(8-9)15-16-17(11)5;1-2/h6-8H,1-5H3;1-2H3. The number of benzene rings is 1. The predicted molar refractivity (Wildman–Crippen MR) is 85.6 cm³/mol. The molecule has 1 aromatic heterocycles. The molecule has 1 fully saturated rings. The van der Waals surface area contributed by atoms with Gasteiger partial charge in [-0.3, -0.25) is 0 Å². The third-order valence-electron chi connectivity index (χ3n) is 4.16. The van der Waals surface area contributed by atoms with Crippen LogP contribution >= 0.6 is 0 Å². The van der Waals surface area contributed by atoms with E-state index in [0.29, 0.717) is 0 Å². The van der Waals surface area contributed by atoms with Crippen LogP contribution in [0.4, 0.5) is 0 Å². The zero-order valence-electron chi connectivity index (χ0n) is 14.0. The molecule has 0 aliphatic carbocycles. The Morgan fingerprint density at radius 3 is 2.19 bits per heavy atom. The second-order valence-electron chi connectivity index (χ2n) is 6.05. The Kier molecular flexibility index (Phi) is 4.13. The topological polar surface area (TPSA) is 49.2 Å². The lowest BCUT2D eigenvalue weighted by Crippen LogP contribution is -2.41. The van der Waals surface area contributed by atoms with Crippen molar-refractivity contribution in [3.8, 4) is 0 Å². The van der Waals surface area contributed by atoms with Gasteiger partial charge in [0.25, 0.3) is 0 Å². The molecular formula is C15H24BN3O2. The van der Waals surface area contributed by atoms with E-state index in [1.54, 1.807) is 4.68 Å². The van der Waals surface area contributed by atoms with E-state index in [4.69, 9.17) is 9.31 Å². The van der Waals surface area contributed by atoms with Crippen LogP contribution in [0.15, 0.2) is 18.2 Å². The van der Waals surface area contributed by atoms with Gasteiger partial charge in [0.1, 0.15) is 5.52 Å². The van der Waals surface area contributed by atoms with Gasteiger partial charge in [0, 0.05) is 7.05 Å². The molecule has 2 heterocycles. The minimum absolute atomic E-state index is 0.324. The Morgan fingerprint density at radius 1 is 1.05 bits per heavy atom. The molecule has 0 atom stereocenters. The molecule has 0 amide bonds. The summed E-state index contributed by atoms with van der Waals surface area (Å²) in [5.74, 6) is 0. The third kappa shape index (κ3) is 2.70. The van der Waals surface area contributed by atoms with Crippen LogP contribution < -0.4 is 5.46 Å². The van der Waals surface area contributed by atoms with Crippen LogP contribution in [0, 0.1) is 0 Å². The first-order valence-corrected chi connectivity index (χ1v) is 7.45. The summed E-state index contributed by atoms with van der Waals surface area (Å²) in [5.41, 5.74) is 2.19. The molecule has 0 radical (unpaired) electrons. The normalized spacial score (nSPS) is 19.5. The summed E-state index contributed by atoms with van der Waals surface area (Å²) in [5, 5.41) is 8.13. The van der Waals surface area contributed by atoms with E-state index in [0.717, 1.165) is 16.5 Å². The Bertz CT molecular complexity index is 621. The minimum atomic E-state index is -0.351. The van der Waals surface area contributed by atoms with Crippen molar-refractivity contribution in [1.82, 2.24) is 15.0 Å². The molecule has 6 heteroatoms. The Hall–Kier alpha value is -1.40. The fourth-order valence-corrected chi connectivity index (χ4v) is 2.18. The number of rotatable bonds is 1. The van der Waals surface area contributed by atoms with Gasteiger partial charge in [-0.25, -0.2) is 4.68 Å². The van der Waals surface area contributed by atoms with Gasteiger partial charge < -0.3 is 9.31 Å². The smallest absolute Gasteiger partial charge is 0.399 e. The fourth-order valence-electron chi connectivity index (χ4n) is 2.18. The zero-order valence-corrected chi connectivity index (χ0v) is 14.0. The summed E-state index contributed by atoms with van der Waals surface area (Å²) in [6.07, 6.45) is 0. The second kappa shape index (κ2) is 5.42. The molecule has 1 saturated heterocycles. The maximum Gasteiger partial charge on any atom is 0.494 e. The van der Waals surface area contributed by atoms with Crippen LogP contribution in [0.5, 0.6) is 0 Å². The highest BCUT2D eigenvalue weighted by Gasteiger charge is 2.51. The first-order chi connectivity index (χ1) is 9.80. The van der Waals surface area contributed by atoms with Crippen molar-refractivity contribution in [2.24, 2.45) is 7.05 Å². The summed E-state index contributed by atoms with van der Waals surface area (Å²) >= 11 is 0. The average Bonchev–Trinajstić information content (AvgIpc) is 2.90. The van der Waals surface area contributed by atoms with E-state index in [-0.39, 0.29) is 18.3 Å². The number of fused-ring (bicyclic) bond motifs is 1. The molecule has 21 heavy (non-hydrogen) atoms. The Morgan fingerprint density at radius 2 is 1.62 bits per heavy atom. The van der Waals surface area contributed by atoms with Crippen molar-refractivity contribution in [3.63, 3.8) is 0 Å². The number of aromatic nitrogens is 3. The van der Waals surface area contributed by atoms with Crippen molar-refractivity contribution in [3.05, 3.63) is 18.2 Å². The third-order valence-corrected chi connectivity index (χ3v) is 4.16. The zero-order chi connectivity index (χ0) is 15.8. The highest BCUT2D eigenvalue weighted by atomic mass is 16.7. The first-order valence-electron chi connectivity index (χ1n) is 7.45. The summed E-state index contributed by atoms with van der Waals surface area (Å²) in [7, 11) is 1.53. The van der Waals surface area contributed by atoms with Gasteiger partial charge in [-0.1, -0.05) is 25.1 Å². The van der Waals surface area contributed by atoms with E-state index < -0.39 is 0 Å². The van der Waals surface area contributed by atoms with Crippen LogP contribution in [0.3, 0.4) is 0 Å². The molecule has 0 saturated carbocycles. The molecule has 0 spiro atoms. The highest BCUT2D eigenvalue weighted by molar-refractivity contribution is 6.62. The summed E-state index contributed by atoms with van der Waals surface area (Å²) in [6, 6.07) is 5.98. The van der Waals surface area contributed by atoms with Gasteiger partial charge in [-0.15, -0.1) is 5.10 Å². The first kappa shape index (κ1) is 16.0. The number of hydrogen-bond acceptors (Lipinski definition) is 4. The van der Waals surface area contributed by atoms with Crippen molar-refractivity contribution >= 4 is 23.6 Å². The van der Waals surface area contributed by atoms with Crippen LogP contribution in [0.2, 0.25) is 0 Å². The van der Waals surface area contributed by atoms with Crippen LogP contribution in [-0.2, 0) is 16.4 Å². The maximum absolute atomic E-state index is 6.03. The van der Waals surface area contributed by atoms with Crippen LogP contribution in [-0.4, -0.2) is 33.3 Å². The van der Waals surface area contributed by atoms with E-state index in [1.807, 2.05) is 66.8 Å². The summed E-state index contributed by atoms with van der Waals surface area (Å²) in [6.45, 7) is 12.2. The molecule has 114 valence electrons. The van der Waals surface area contributed by atoms with E-state index in [9.17, 15) is 0 Å². The van der Waals surface area contributed by atoms with E-state index in [1.165, 1.54) is 0 Å². The van der Waals surface area contributed by atoms with Gasteiger partial charge >= 0.3 is 7.12 Å².